The van der Waals surface area contributed by atoms with E-state index in [0.29, 0.717) is 10.6 Å². The fourth-order valence-corrected chi connectivity index (χ4v) is 2.96. The number of methoxy groups -OCH3 is 1. The van der Waals surface area contributed by atoms with Crippen LogP contribution in [0.4, 0.5) is 0 Å². The molecule has 1 aromatic carbocycles. The van der Waals surface area contributed by atoms with Gasteiger partial charge in [0.15, 0.2) is 0 Å². The largest absolute Gasteiger partial charge is 0.469 e. The van der Waals surface area contributed by atoms with Crippen LogP contribution in [0, 0.1) is 6.92 Å². The smallest absolute Gasteiger partial charge is 0.307 e. The monoisotopic (exact) mass is 318 g/mol. The summed E-state index contributed by atoms with van der Waals surface area (Å²) in [6, 6.07) is 9.43. The van der Waals surface area contributed by atoms with Gasteiger partial charge in [0, 0.05) is 11.6 Å². The third-order valence-corrected chi connectivity index (χ3v) is 4.31. The van der Waals surface area contributed by atoms with E-state index in [1.54, 1.807) is 6.92 Å². The van der Waals surface area contributed by atoms with E-state index in [-0.39, 0.29) is 24.3 Å². The maximum Gasteiger partial charge on any atom is 0.307 e. The summed E-state index contributed by atoms with van der Waals surface area (Å²) < 4.78 is 4.59. The highest BCUT2D eigenvalue weighted by Gasteiger charge is 2.19. The second-order valence-electron chi connectivity index (χ2n) is 4.95. The van der Waals surface area contributed by atoms with Crippen LogP contribution in [0.15, 0.2) is 30.3 Å². The van der Waals surface area contributed by atoms with Crippen LogP contribution in [0.5, 0.6) is 0 Å². The number of esters is 1. The quantitative estimate of drug-likeness (QED) is 0.861. The predicted octanol–water partition coefficient (Wildman–Crippen LogP) is 2.80. The lowest BCUT2D eigenvalue weighted by Crippen LogP contribution is -2.34. The summed E-state index contributed by atoms with van der Waals surface area (Å²) in [5, 5.41) is 3.61. The molecule has 0 fully saturated rings. The number of amides is 1. The first-order valence-corrected chi connectivity index (χ1v) is 7.73. The minimum Gasteiger partial charge on any atom is -0.469 e. The molecule has 5 nitrogen and oxygen atoms in total. The molecule has 1 unspecified atom stereocenters. The molecule has 1 heterocycles. The van der Waals surface area contributed by atoms with Crippen molar-refractivity contribution in [2.24, 2.45) is 0 Å². The molecule has 0 aliphatic carbocycles. The summed E-state index contributed by atoms with van der Waals surface area (Å²) in [7, 11) is 1.33. The molecule has 6 heteroatoms. The molecule has 2 rings (SSSR count). The Kier molecular flexibility index (Phi) is 5.27. The number of carbonyl (C=O) groups is 2. The fraction of sp³-hybridized carbons (Fsp3) is 0.312. The van der Waals surface area contributed by atoms with Gasteiger partial charge < -0.3 is 10.1 Å². The maximum absolute atomic E-state index is 12.3. The molecule has 0 aliphatic rings. The average molecular weight is 318 g/mol. The summed E-state index contributed by atoms with van der Waals surface area (Å²) in [4.78, 5) is 28.5. The summed E-state index contributed by atoms with van der Waals surface area (Å²) in [6.07, 6.45) is 0.144. The van der Waals surface area contributed by atoms with Crippen molar-refractivity contribution >= 4 is 23.2 Å². The number of ether oxygens (including phenoxy) is 1. The summed E-state index contributed by atoms with van der Waals surface area (Å²) in [5.74, 6) is -0.563. The van der Waals surface area contributed by atoms with Crippen molar-refractivity contribution in [2.75, 3.05) is 7.11 Å². The molecule has 1 amide bonds. The van der Waals surface area contributed by atoms with E-state index in [4.69, 9.17) is 0 Å². The molecule has 0 aliphatic heterocycles. The van der Waals surface area contributed by atoms with E-state index < -0.39 is 0 Å². The molecule has 1 aromatic heterocycles. The number of carbonyl (C=O) groups excluding carboxylic acids is 2. The minimum absolute atomic E-state index is 0.144. The standard InChI is InChI=1S/C16H18N2O3S/c1-10(9-13(19)21-3)17-15(20)14-11(2)18-16(22-14)12-7-5-4-6-8-12/h4-8,10H,9H2,1-3H3,(H,17,20). The SMILES string of the molecule is COC(=O)CC(C)NC(=O)c1sc(-c2ccccc2)nc1C. The van der Waals surface area contributed by atoms with E-state index in [0.717, 1.165) is 10.6 Å². The van der Waals surface area contributed by atoms with Crippen LogP contribution in [0.3, 0.4) is 0 Å². The van der Waals surface area contributed by atoms with Crippen LogP contribution in [0.25, 0.3) is 10.6 Å². The Labute approximate surface area is 133 Å². The van der Waals surface area contributed by atoms with Crippen molar-refractivity contribution in [3.8, 4) is 10.6 Å². The highest BCUT2D eigenvalue weighted by molar-refractivity contribution is 7.17. The minimum atomic E-state index is -0.348. The lowest BCUT2D eigenvalue weighted by Gasteiger charge is -2.11. The lowest BCUT2D eigenvalue weighted by molar-refractivity contribution is -0.141. The van der Waals surface area contributed by atoms with Gasteiger partial charge in [-0.2, -0.15) is 0 Å². The molecule has 0 saturated carbocycles. The summed E-state index contributed by atoms with van der Waals surface area (Å²) in [6.45, 7) is 3.58. The van der Waals surface area contributed by atoms with E-state index in [2.05, 4.69) is 15.0 Å². The Bertz CT molecular complexity index is 667. The van der Waals surface area contributed by atoms with Gasteiger partial charge in [-0.15, -0.1) is 11.3 Å². The zero-order chi connectivity index (χ0) is 16.1. The van der Waals surface area contributed by atoms with E-state index in [1.807, 2.05) is 37.3 Å². The molecular formula is C16H18N2O3S. The van der Waals surface area contributed by atoms with Crippen molar-refractivity contribution in [3.63, 3.8) is 0 Å². The number of hydrogen-bond donors (Lipinski definition) is 1. The fourth-order valence-electron chi connectivity index (χ4n) is 1.99. The highest BCUT2D eigenvalue weighted by atomic mass is 32.1. The van der Waals surface area contributed by atoms with Crippen molar-refractivity contribution in [2.45, 2.75) is 26.3 Å². The van der Waals surface area contributed by atoms with Gasteiger partial charge in [-0.1, -0.05) is 30.3 Å². The molecule has 0 bridgehead atoms. The van der Waals surface area contributed by atoms with Gasteiger partial charge in [-0.05, 0) is 13.8 Å². The third-order valence-electron chi connectivity index (χ3n) is 3.10. The second kappa shape index (κ2) is 7.17. The topological polar surface area (TPSA) is 68.3 Å². The van der Waals surface area contributed by atoms with Gasteiger partial charge in [0.2, 0.25) is 0 Å². The Morgan fingerprint density at radius 1 is 1.32 bits per heavy atom. The number of aryl methyl sites for hydroxylation is 1. The first kappa shape index (κ1) is 16.2. The van der Waals surface area contributed by atoms with Crippen molar-refractivity contribution in [3.05, 3.63) is 40.9 Å². The molecular weight excluding hydrogens is 300 g/mol. The number of nitrogens with zero attached hydrogens (tertiary/aromatic N) is 1. The average Bonchev–Trinajstić information content (AvgIpc) is 2.90. The number of aromatic nitrogens is 1. The molecule has 2 aromatic rings. The van der Waals surface area contributed by atoms with Gasteiger partial charge in [0.05, 0.1) is 19.2 Å². The number of rotatable bonds is 5. The number of thiazole rings is 1. The summed E-state index contributed by atoms with van der Waals surface area (Å²) in [5.41, 5.74) is 1.67. The predicted molar refractivity (Wildman–Crippen MR) is 85.8 cm³/mol. The van der Waals surface area contributed by atoms with Gasteiger partial charge in [-0.25, -0.2) is 4.98 Å². The van der Waals surface area contributed by atoms with Crippen LogP contribution in [0.1, 0.15) is 28.7 Å². The highest BCUT2D eigenvalue weighted by Crippen LogP contribution is 2.27. The van der Waals surface area contributed by atoms with Crippen molar-refractivity contribution in [1.82, 2.24) is 10.3 Å². The zero-order valence-corrected chi connectivity index (χ0v) is 13.6. The van der Waals surface area contributed by atoms with E-state index >= 15 is 0 Å². The second-order valence-corrected chi connectivity index (χ2v) is 5.95. The molecule has 0 radical (unpaired) electrons. The molecule has 0 saturated heterocycles. The number of hydrogen-bond acceptors (Lipinski definition) is 5. The Hall–Kier alpha value is -2.21. The van der Waals surface area contributed by atoms with Crippen LogP contribution in [0.2, 0.25) is 0 Å². The van der Waals surface area contributed by atoms with Gasteiger partial charge in [0.1, 0.15) is 9.88 Å². The van der Waals surface area contributed by atoms with Crippen LogP contribution in [-0.2, 0) is 9.53 Å². The van der Waals surface area contributed by atoms with Crippen molar-refractivity contribution in [1.29, 1.82) is 0 Å². The lowest BCUT2D eigenvalue weighted by atomic mass is 10.2. The van der Waals surface area contributed by atoms with Gasteiger partial charge in [-0.3, -0.25) is 9.59 Å². The third kappa shape index (κ3) is 3.92. The first-order chi connectivity index (χ1) is 10.5. The number of benzene rings is 1. The van der Waals surface area contributed by atoms with Crippen LogP contribution >= 0.6 is 11.3 Å². The Morgan fingerprint density at radius 3 is 2.64 bits per heavy atom. The molecule has 1 N–H and O–H groups in total. The van der Waals surface area contributed by atoms with Crippen molar-refractivity contribution < 1.29 is 14.3 Å². The van der Waals surface area contributed by atoms with Crippen LogP contribution < -0.4 is 5.32 Å². The Balaban J connectivity index is 2.11. The summed E-state index contributed by atoms with van der Waals surface area (Å²) >= 11 is 1.35. The Morgan fingerprint density at radius 2 is 2.00 bits per heavy atom. The molecule has 116 valence electrons. The van der Waals surface area contributed by atoms with Gasteiger partial charge in [0.25, 0.3) is 5.91 Å². The molecule has 1 atom stereocenters. The molecule has 0 spiro atoms. The normalized spacial score (nSPS) is 11.8. The first-order valence-electron chi connectivity index (χ1n) is 6.91. The van der Waals surface area contributed by atoms with E-state index in [9.17, 15) is 9.59 Å². The number of nitrogens with one attached hydrogen (secondary N) is 1. The van der Waals surface area contributed by atoms with E-state index in [1.165, 1.54) is 18.4 Å². The van der Waals surface area contributed by atoms with Gasteiger partial charge >= 0.3 is 5.97 Å². The molecule has 22 heavy (non-hydrogen) atoms. The maximum atomic E-state index is 12.3. The van der Waals surface area contributed by atoms with Crippen LogP contribution in [-0.4, -0.2) is 30.0 Å². The zero-order valence-electron chi connectivity index (χ0n) is 12.8.